The summed E-state index contributed by atoms with van der Waals surface area (Å²) in [7, 11) is 0. The maximum Gasteiger partial charge on any atom is 0.251 e. The van der Waals surface area contributed by atoms with Gasteiger partial charge in [0.2, 0.25) is 0 Å². The van der Waals surface area contributed by atoms with Crippen molar-refractivity contribution in [3.8, 4) is 0 Å². The van der Waals surface area contributed by atoms with Crippen LogP contribution in [0.3, 0.4) is 0 Å². The molecule has 3 heteroatoms. The molecule has 2 aromatic rings. The Bertz CT molecular complexity index is 632. The number of hydrogen-bond acceptors (Lipinski definition) is 1. The van der Waals surface area contributed by atoms with Gasteiger partial charge in [0.15, 0.2) is 5.69 Å². The molecule has 3 nitrogen and oxygen atoms in total. The Morgan fingerprint density at radius 1 is 1.25 bits per heavy atom. The van der Waals surface area contributed by atoms with Crippen molar-refractivity contribution in [2.24, 2.45) is 0 Å². The van der Waals surface area contributed by atoms with Gasteiger partial charge in [0.05, 0.1) is 6.57 Å². The number of hydrogen-bond donors (Lipinski definition) is 0. The molecule has 0 radical (unpaired) electrons. The van der Waals surface area contributed by atoms with Crippen molar-refractivity contribution in [3.63, 3.8) is 0 Å². The molecular weight excluding hydrogens is 200 g/mol. The highest BCUT2D eigenvalue weighted by Crippen LogP contribution is 2.21. The van der Waals surface area contributed by atoms with Gasteiger partial charge in [-0.3, -0.25) is 4.79 Å². The van der Waals surface area contributed by atoms with Gasteiger partial charge >= 0.3 is 0 Å². The van der Waals surface area contributed by atoms with Gasteiger partial charge in [0, 0.05) is 17.6 Å². The predicted molar refractivity (Wildman–Crippen MR) is 64.9 cm³/mol. The van der Waals surface area contributed by atoms with E-state index < -0.39 is 0 Å². The topological polar surface area (TPSA) is 26.4 Å². The summed E-state index contributed by atoms with van der Waals surface area (Å²) in [5.74, 6) is 0. The fourth-order valence-corrected chi connectivity index (χ4v) is 1.84. The van der Waals surface area contributed by atoms with Gasteiger partial charge in [0.1, 0.15) is 0 Å². The maximum absolute atomic E-state index is 11.8. The SMILES string of the molecule is [C-]#[N+]c1ccc2ccc(=O)n(C(C)C)c2c1. The Balaban J connectivity index is 2.90. The van der Waals surface area contributed by atoms with Gasteiger partial charge in [-0.2, -0.15) is 0 Å². The number of aromatic nitrogens is 1. The molecule has 0 aliphatic carbocycles. The average Bonchev–Trinajstić information content (AvgIpc) is 2.27. The van der Waals surface area contributed by atoms with E-state index >= 15 is 0 Å². The first-order valence-corrected chi connectivity index (χ1v) is 5.16. The van der Waals surface area contributed by atoms with Crippen molar-refractivity contribution in [1.29, 1.82) is 0 Å². The summed E-state index contributed by atoms with van der Waals surface area (Å²) in [6.45, 7) is 10.9. The van der Waals surface area contributed by atoms with Crippen LogP contribution in [-0.4, -0.2) is 4.57 Å². The Hall–Kier alpha value is -2.08. The minimum Gasteiger partial charge on any atom is -0.307 e. The van der Waals surface area contributed by atoms with Gasteiger partial charge in [-0.05, 0) is 31.4 Å². The van der Waals surface area contributed by atoms with Crippen molar-refractivity contribution in [3.05, 3.63) is 52.1 Å². The van der Waals surface area contributed by atoms with E-state index in [0.717, 1.165) is 10.9 Å². The molecule has 2 rings (SSSR count). The van der Waals surface area contributed by atoms with Crippen LogP contribution in [0.25, 0.3) is 15.7 Å². The Morgan fingerprint density at radius 3 is 2.56 bits per heavy atom. The van der Waals surface area contributed by atoms with Crippen LogP contribution in [0.1, 0.15) is 19.9 Å². The van der Waals surface area contributed by atoms with Crippen LogP contribution in [0.2, 0.25) is 0 Å². The number of rotatable bonds is 1. The van der Waals surface area contributed by atoms with E-state index in [0.29, 0.717) is 5.69 Å². The maximum atomic E-state index is 11.8. The molecule has 0 saturated carbocycles. The lowest BCUT2D eigenvalue weighted by molar-refractivity contribution is 0.601. The Morgan fingerprint density at radius 2 is 1.94 bits per heavy atom. The van der Waals surface area contributed by atoms with Crippen LogP contribution >= 0.6 is 0 Å². The number of fused-ring (bicyclic) bond motifs is 1. The van der Waals surface area contributed by atoms with Crippen molar-refractivity contribution >= 4 is 16.6 Å². The van der Waals surface area contributed by atoms with E-state index in [1.165, 1.54) is 0 Å². The first-order chi connectivity index (χ1) is 7.63. The molecule has 0 atom stereocenters. The fraction of sp³-hybridized carbons (Fsp3) is 0.231. The highest BCUT2D eigenvalue weighted by Gasteiger charge is 2.06. The van der Waals surface area contributed by atoms with Gasteiger partial charge in [-0.15, -0.1) is 0 Å². The smallest absolute Gasteiger partial charge is 0.251 e. The summed E-state index contributed by atoms with van der Waals surface area (Å²) in [5, 5.41) is 0.987. The third-order valence-corrected chi connectivity index (χ3v) is 2.56. The molecule has 1 aromatic heterocycles. The summed E-state index contributed by atoms with van der Waals surface area (Å²) in [4.78, 5) is 15.1. The zero-order chi connectivity index (χ0) is 11.7. The first-order valence-electron chi connectivity index (χ1n) is 5.16. The Kier molecular flexibility index (Phi) is 2.49. The molecule has 1 aromatic carbocycles. The summed E-state index contributed by atoms with van der Waals surface area (Å²) in [5.41, 5.74) is 1.37. The molecule has 0 aliphatic heterocycles. The molecule has 0 fully saturated rings. The van der Waals surface area contributed by atoms with E-state index in [1.54, 1.807) is 28.8 Å². The van der Waals surface area contributed by atoms with Crippen LogP contribution < -0.4 is 5.56 Å². The lowest BCUT2D eigenvalue weighted by Crippen LogP contribution is -2.20. The lowest BCUT2D eigenvalue weighted by atomic mass is 10.2. The molecule has 0 aliphatic rings. The molecule has 0 saturated heterocycles. The highest BCUT2D eigenvalue weighted by atomic mass is 16.1. The van der Waals surface area contributed by atoms with Gasteiger partial charge < -0.3 is 4.57 Å². The van der Waals surface area contributed by atoms with E-state index in [1.807, 2.05) is 19.9 Å². The molecule has 0 spiro atoms. The minimum absolute atomic E-state index is 0.0235. The number of pyridine rings is 1. The van der Waals surface area contributed by atoms with Crippen LogP contribution in [-0.2, 0) is 0 Å². The summed E-state index contributed by atoms with van der Waals surface area (Å²) in [6, 6.07) is 8.87. The van der Waals surface area contributed by atoms with E-state index in [4.69, 9.17) is 6.57 Å². The van der Waals surface area contributed by atoms with E-state index in [9.17, 15) is 4.79 Å². The average molecular weight is 212 g/mol. The number of benzene rings is 1. The quantitative estimate of drug-likeness (QED) is 0.667. The van der Waals surface area contributed by atoms with Crippen molar-refractivity contribution in [1.82, 2.24) is 4.57 Å². The summed E-state index contributed by atoms with van der Waals surface area (Å²) >= 11 is 0. The first kappa shape index (κ1) is 10.4. The molecule has 16 heavy (non-hydrogen) atoms. The van der Waals surface area contributed by atoms with Crippen LogP contribution in [0.5, 0.6) is 0 Å². The fourth-order valence-electron chi connectivity index (χ4n) is 1.84. The van der Waals surface area contributed by atoms with Crippen LogP contribution in [0.15, 0.2) is 35.1 Å². The van der Waals surface area contributed by atoms with E-state index in [-0.39, 0.29) is 11.6 Å². The molecule has 80 valence electrons. The van der Waals surface area contributed by atoms with Gasteiger partial charge in [-0.25, -0.2) is 4.85 Å². The second-order valence-corrected chi connectivity index (χ2v) is 3.99. The van der Waals surface area contributed by atoms with E-state index in [2.05, 4.69) is 4.85 Å². The molecule has 1 heterocycles. The second-order valence-electron chi connectivity index (χ2n) is 3.99. The lowest BCUT2D eigenvalue weighted by Gasteiger charge is -2.13. The van der Waals surface area contributed by atoms with Gasteiger partial charge in [0.25, 0.3) is 5.56 Å². The van der Waals surface area contributed by atoms with Gasteiger partial charge in [-0.1, -0.05) is 12.1 Å². The van der Waals surface area contributed by atoms with Crippen molar-refractivity contribution in [2.75, 3.05) is 0 Å². The summed E-state index contributed by atoms with van der Waals surface area (Å²) < 4.78 is 1.71. The summed E-state index contributed by atoms with van der Waals surface area (Å²) in [6.07, 6.45) is 0. The molecular formula is C13H12N2O. The normalized spacial score (nSPS) is 10.6. The third kappa shape index (κ3) is 1.59. The molecule has 0 unspecified atom stereocenters. The third-order valence-electron chi connectivity index (χ3n) is 2.56. The van der Waals surface area contributed by atoms with Crippen LogP contribution in [0.4, 0.5) is 5.69 Å². The highest BCUT2D eigenvalue weighted by molar-refractivity contribution is 5.82. The largest absolute Gasteiger partial charge is 0.307 e. The second kappa shape index (κ2) is 3.82. The monoisotopic (exact) mass is 212 g/mol. The molecule has 0 N–H and O–H groups in total. The molecule has 0 bridgehead atoms. The van der Waals surface area contributed by atoms with Crippen molar-refractivity contribution in [2.45, 2.75) is 19.9 Å². The standard InChI is InChI=1S/C13H12N2O/c1-9(2)15-12-8-11(14-3)6-4-10(12)5-7-13(15)16/h4-9H,1-2H3. The molecule has 0 amide bonds. The minimum atomic E-state index is -0.0235. The zero-order valence-corrected chi connectivity index (χ0v) is 9.27. The zero-order valence-electron chi connectivity index (χ0n) is 9.27. The van der Waals surface area contributed by atoms with Crippen molar-refractivity contribution < 1.29 is 0 Å². The van der Waals surface area contributed by atoms with Crippen LogP contribution in [0, 0.1) is 6.57 Å². The Labute approximate surface area is 93.8 Å². The predicted octanol–water partition coefficient (Wildman–Crippen LogP) is 3.13. The number of nitrogens with zero attached hydrogens (tertiary/aromatic N) is 2.